The van der Waals surface area contributed by atoms with Crippen LogP contribution in [0, 0.1) is 0 Å². The highest BCUT2D eigenvalue weighted by atomic mass is 16.5. The molecule has 0 heterocycles. The molecule has 0 aliphatic rings. The molecule has 0 saturated carbocycles. The minimum atomic E-state index is -0.486. The molecular formula is C26H48O4. The lowest BCUT2D eigenvalue weighted by atomic mass is 10.0. The van der Waals surface area contributed by atoms with Gasteiger partial charge < -0.3 is 9.47 Å². The summed E-state index contributed by atoms with van der Waals surface area (Å²) in [4.78, 5) is 23.1. The maximum atomic E-state index is 11.6. The van der Waals surface area contributed by atoms with E-state index in [1.54, 1.807) is 0 Å². The zero-order chi connectivity index (χ0) is 22.3. The summed E-state index contributed by atoms with van der Waals surface area (Å²) in [6, 6.07) is 0. The molecule has 0 aromatic rings. The molecule has 0 amide bonds. The first-order valence-corrected chi connectivity index (χ1v) is 12.7. The van der Waals surface area contributed by atoms with Gasteiger partial charge in [0.15, 0.2) is 0 Å². The van der Waals surface area contributed by atoms with Gasteiger partial charge in [-0.05, 0) is 19.8 Å². The number of esters is 2. The van der Waals surface area contributed by atoms with E-state index < -0.39 is 11.9 Å². The first-order chi connectivity index (χ1) is 14.6. The van der Waals surface area contributed by atoms with Gasteiger partial charge in [-0.25, -0.2) is 9.59 Å². The van der Waals surface area contributed by atoms with E-state index >= 15 is 0 Å². The highest BCUT2D eigenvalue weighted by Crippen LogP contribution is 2.13. The van der Waals surface area contributed by atoms with E-state index in [4.69, 9.17) is 9.47 Å². The Labute approximate surface area is 186 Å². The van der Waals surface area contributed by atoms with Crippen LogP contribution in [-0.2, 0) is 19.1 Å². The molecule has 176 valence electrons. The van der Waals surface area contributed by atoms with Crippen LogP contribution in [-0.4, -0.2) is 24.6 Å². The third-order valence-electron chi connectivity index (χ3n) is 5.36. The molecule has 1 atom stereocenters. The summed E-state index contributed by atoms with van der Waals surface area (Å²) in [5.74, 6) is -0.958. The number of rotatable bonds is 21. The van der Waals surface area contributed by atoms with Crippen molar-refractivity contribution in [2.75, 3.05) is 6.61 Å². The second-order valence-corrected chi connectivity index (χ2v) is 8.49. The molecule has 0 aliphatic carbocycles. The number of carbonyl (C=O) groups is 2. The molecule has 4 heteroatoms. The van der Waals surface area contributed by atoms with E-state index in [0.29, 0.717) is 6.61 Å². The molecule has 1 unspecified atom stereocenters. The third-order valence-corrected chi connectivity index (χ3v) is 5.36. The van der Waals surface area contributed by atoms with Crippen molar-refractivity contribution in [2.24, 2.45) is 0 Å². The fourth-order valence-corrected chi connectivity index (χ4v) is 3.53. The van der Waals surface area contributed by atoms with Gasteiger partial charge in [0.2, 0.25) is 0 Å². The van der Waals surface area contributed by atoms with Gasteiger partial charge in [0, 0.05) is 12.2 Å². The van der Waals surface area contributed by atoms with Gasteiger partial charge in [-0.15, -0.1) is 0 Å². The quantitative estimate of drug-likeness (QED) is 0.108. The molecular weight excluding hydrogens is 376 g/mol. The van der Waals surface area contributed by atoms with Crippen LogP contribution >= 0.6 is 0 Å². The fourth-order valence-electron chi connectivity index (χ4n) is 3.53. The van der Waals surface area contributed by atoms with Crippen molar-refractivity contribution in [1.29, 1.82) is 0 Å². The van der Waals surface area contributed by atoms with Gasteiger partial charge in [-0.3, -0.25) is 0 Å². The van der Waals surface area contributed by atoms with Gasteiger partial charge >= 0.3 is 11.9 Å². The third kappa shape index (κ3) is 21.4. The maximum Gasteiger partial charge on any atom is 0.331 e. The van der Waals surface area contributed by atoms with E-state index in [-0.39, 0.29) is 6.10 Å². The summed E-state index contributed by atoms with van der Waals surface area (Å²) in [5, 5.41) is 0. The normalized spacial score (nSPS) is 12.2. The SMILES string of the molecule is CCCCCCCCCCCCCCCCCOC(=O)/C=C/C(=O)OC(C)CCC. The topological polar surface area (TPSA) is 52.6 Å². The fraction of sp³-hybridized carbons (Fsp3) is 0.846. The van der Waals surface area contributed by atoms with Crippen molar-refractivity contribution >= 4 is 11.9 Å². The summed E-state index contributed by atoms with van der Waals surface area (Å²) in [6.45, 7) is 6.58. The Hall–Kier alpha value is -1.32. The van der Waals surface area contributed by atoms with E-state index in [0.717, 1.165) is 37.8 Å². The van der Waals surface area contributed by atoms with Crippen LogP contribution in [0.3, 0.4) is 0 Å². The van der Waals surface area contributed by atoms with Crippen molar-refractivity contribution in [3.63, 3.8) is 0 Å². The minimum absolute atomic E-state index is 0.122. The molecule has 0 aliphatic heterocycles. The number of hydrogen-bond donors (Lipinski definition) is 0. The second kappa shape index (κ2) is 22.4. The van der Waals surface area contributed by atoms with E-state index in [2.05, 4.69) is 6.92 Å². The molecule has 0 aromatic heterocycles. The molecule has 0 saturated heterocycles. The lowest BCUT2D eigenvalue weighted by molar-refractivity contribution is -0.143. The standard InChI is InChI=1S/C26H48O4/c1-4-6-7-8-9-10-11-12-13-14-15-16-17-18-19-23-29-25(27)21-22-26(28)30-24(3)20-5-2/h21-22,24H,4-20,23H2,1-3H3/b22-21+. The van der Waals surface area contributed by atoms with E-state index in [9.17, 15) is 9.59 Å². The van der Waals surface area contributed by atoms with Crippen LogP contribution in [0.1, 0.15) is 130 Å². The average molecular weight is 425 g/mol. The van der Waals surface area contributed by atoms with Gasteiger partial charge in [-0.2, -0.15) is 0 Å². The summed E-state index contributed by atoms with van der Waals surface area (Å²) in [5.41, 5.74) is 0. The number of carbonyl (C=O) groups excluding carboxylic acids is 2. The molecule has 0 rings (SSSR count). The Morgan fingerprint density at radius 2 is 1.07 bits per heavy atom. The van der Waals surface area contributed by atoms with Crippen molar-refractivity contribution in [2.45, 2.75) is 136 Å². The molecule has 0 spiro atoms. The summed E-state index contributed by atoms with van der Waals surface area (Å²) in [7, 11) is 0. The molecule has 0 radical (unpaired) electrons. The number of unbranched alkanes of at least 4 members (excludes halogenated alkanes) is 14. The van der Waals surface area contributed by atoms with Crippen LogP contribution in [0.4, 0.5) is 0 Å². The predicted molar refractivity (Wildman–Crippen MR) is 125 cm³/mol. The molecule has 4 nitrogen and oxygen atoms in total. The van der Waals surface area contributed by atoms with Crippen LogP contribution in [0.25, 0.3) is 0 Å². The van der Waals surface area contributed by atoms with Crippen LogP contribution in [0.2, 0.25) is 0 Å². The highest BCUT2D eigenvalue weighted by molar-refractivity contribution is 5.91. The van der Waals surface area contributed by atoms with Crippen molar-refractivity contribution in [3.05, 3.63) is 12.2 Å². The number of ether oxygens (including phenoxy) is 2. The largest absolute Gasteiger partial charge is 0.463 e. The van der Waals surface area contributed by atoms with Crippen molar-refractivity contribution in [1.82, 2.24) is 0 Å². The van der Waals surface area contributed by atoms with Gasteiger partial charge in [0.1, 0.15) is 0 Å². The first kappa shape index (κ1) is 28.7. The Balaban J connectivity index is 3.36. The average Bonchev–Trinajstić information content (AvgIpc) is 2.72. The smallest absolute Gasteiger partial charge is 0.331 e. The van der Waals surface area contributed by atoms with Crippen LogP contribution < -0.4 is 0 Å². The highest BCUT2D eigenvalue weighted by Gasteiger charge is 2.06. The van der Waals surface area contributed by atoms with Gasteiger partial charge in [0.05, 0.1) is 12.7 Å². The first-order valence-electron chi connectivity index (χ1n) is 12.7. The Morgan fingerprint density at radius 1 is 0.633 bits per heavy atom. The molecule has 0 bridgehead atoms. The Kier molecular flexibility index (Phi) is 21.4. The molecule has 0 aromatic carbocycles. The van der Waals surface area contributed by atoms with Gasteiger partial charge in [0.25, 0.3) is 0 Å². The zero-order valence-corrected chi connectivity index (χ0v) is 20.1. The van der Waals surface area contributed by atoms with Crippen LogP contribution in [0.5, 0.6) is 0 Å². The Bertz CT molecular complexity index is 431. The molecule has 0 fully saturated rings. The van der Waals surface area contributed by atoms with Crippen molar-refractivity contribution in [3.8, 4) is 0 Å². The summed E-state index contributed by atoms with van der Waals surface area (Å²) in [6.07, 6.45) is 23.7. The number of hydrogen-bond acceptors (Lipinski definition) is 4. The predicted octanol–water partition coefficient (Wildman–Crippen LogP) is 7.69. The van der Waals surface area contributed by atoms with Crippen molar-refractivity contribution < 1.29 is 19.1 Å². The molecule has 30 heavy (non-hydrogen) atoms. The van der Waals surface area contributed by atoms with Crippen LogP contribution in [0.15, 0.2) is 12.2 Å². The zero-order valence-electron chi connectivity index (χ0n) is 20.1. The minimum Gasteiger partial charge on any atom is -0.463 e. The summed E-state index contributed by atoms with van der Waals surface area (Å²) >= 11 is 0. The maximum absolute atomic E-state index is 11.6. The lowest BCUT2D eigenvalue weighted by Gasteiger charge is -2.09. The van der Waals surface area contributed by atoms with Gasteiger partial charge in [-0.1, -0.05) is 110 Å². The monoisotopic (exact) mass is 424 g/mol. The molecule has 0 N–H and O–H groups in total. The van der Waals surface area contributed by atoms with E-state index in [1.165, 1.54) is 83.5 Å². The Morgan fingerprint density at radius 3 is 1.53 bits per heavy atom. The lowest BCUT2D eigenvalue weighted by Crippen LogP contribution is -2.13. The summed E-state index contributed by atoms with van der Waals surface area (Å²) < 4.78 is 10.3. The van der Waals surface area contributed by atoms with E-state index in [1.807, 2.05) is 13.8 Å². The second-order valence-electron chi connectivity index (χ2n) is 8.49.